The van der Waals surface area contributed by atoms with E-state index in [2.05, 4.69) is 17.6 Å². The molecule has 2 atom stereocenters. The summed E-state index contributed by atoms with van der Waals surface area (Å²) >= 11 is 0. The van der Waals surface area contributed by atoms with E-state index in [1.165, 1.54) is 0 Å². The molecular weight excluding hydrogens is 240 g/mol. The number of nitrogens with one attached hydrogen (secondary N) is 1. The lowest BCUT2D eigenvalue weighted by Crippen LogP contribution is -2.53. The van der Waals surface area contributed by atoms with Crippen LogP contribution in [0.25, 0.3) is 0 Å². The molecule has 4 nitrogen and oxygen atoms in total. The maximum Gasteiger partial charge on any atom is 0.425 e. The lowest BCUT2D eigenvalue weighted by molar-refractivity contribution is 0.0604. The second-order valence-corrected chi connectivity index (χ2v) is 5.03. The number of amides is 1. The molecule has 1 aliphatic carbocycles. The van der Waals surface area contributed by atoms with E-state index in [-0.39, 0.29) is 18.2 Å². The van der Waals surface area contributed by atoms with E-state index in [9.17, 15) is 4.79 Å². The van der Waals surface area contributed by atoms with Crippen LogP contribution in [0, 0.1) is 0 Å². The van der Waals surface area contributed by atoms with Crippen LogP contribution in [-0.4, -0.2) is 23.2 Å². The van der Waals surface area contributed by atoms with Gasteiger partial charge in [0.2, 0.25) is 0 Å². The molecule has 19 heavy (non-hydrogen) atoms. The fourth-order valence-electron chi connectivity index (χ4n) is 2.58. The molecule has 2 unspecified atom stereocenters. The SMILES string of the molecule is O=C(OCc1ccccc1)N1NC2C=CC1CCC2. The number of benzene rings is 1. The highest BCUT2D eigenvalue weighted by atomic mass is 16.6. The highest BCUT2D eigenvalue weighted by Crippen LogP contribution is 2.22. The molecule has 1 fully saturated rings. The summed E-state index contributed by atoms with van der Waals surface area (Å²) in [6.07, 6.45) is 7.19. The zero-order chi connectivity index (χ0) is 13.1. The first-order valence-electron chi connectivity index (χ1n) is 6.77. The van der Waals surface area contributed by atoms with Crippen LogP contribution in [0.4, 0.5) is 4.79 Å². The summed E-state index contributed by atoms with van der Waals surface area (Å²) in [5, 5.41) is 1.64. The molecule has 1 aromatic carbocycles. The number of fused-ring (bicyclic) bond motifs is 3. The van der Waals surface area contributed by atoms with Crippen molar-refractivity contribution in [2.24, 2.45) is 0 Å². The zero-order valence-corrected chi connectivity index (χ0v) is 10.8. The van der Waals surface area contributed by atoms with Gasteiger partial charge in [-0.2, -0.15) is 0 Å². The Kier molecular flexibility index (Phi) is 3.51. The molecule has 2 bridgehead atoms. The van der Waals surface area contributed by atoms with Crippen LogP contribution < -0.4 is 5.43 Å². The third-order valence-corrected chi connectivity index (χ3v) is 3.62. The van der Waals surface area contributed by atoms with Gasteiger partial charge in [0, 0.05) is 6.04 Å². The topological polar surface area (TPSA) is 41.6 Å². The second kappa shape index (κ2) is 5.45. The van der Waals surface area contributed by atoms with Crippen molar-refractivity contribution < 1.29 is 9.53 Å². The molecule has 0 saturated carbocycles. The lowest BCUT2D eigenvalue weighted by Gasteiger charge is -2.32. The minimum absolute atomic E-state index is 0.127. The number of ether oxygens (including phenoxy) is 1. The van der Waals surface area contributed by atoms with Crippen LogP contribution in [0.5, 0.6) is 0 Å². The van der Waals surface area contributed by atoms with E-state index >= 15 is 0 Å². The standard InChI is InChI=1S/C15H18N2O2/c18-15(19-11-12-5-2-1-3-6-12)17-14-8-4-7-13(16-17)9-10-14/h1-3,5-6,9-10,13-14,16H,4,7-8,11H2. The van der Waals surface area contributed by atoms with Gasteiger partial charge in [-0.05, 0) is 24.8 Å². The summed E-state index contributed by atoms with van der Waals surface area (Å²) < 4.78 is 5.37. The molecule has 0 spiro atoms. The summed E-state index contributed by atoms with van der Waals surface area (Å²) in [5.74, 6) is 0. The van der Waals surface area contributed by atoms with Crippen molar-refractivity contribution >= 4 is 6.09 Å². The monoisotopic (exact) mass is 258 g/mol. The van der Waals surface area contributed by atoms with E-state index < -0.39 is 0 Å². The van der Waals surface area contributed by atoms with Gasteiger partial charge in [0.15, 0.2) is 0 Å². The third kappa shape index (κ3) is 2.79. The van der Waals surface area contributed by atoms with Crippen LogP contribution in [-0.2, 0) is 11.3 Å². The molecule has 100 valence electrons. The summed E-state index contributed by atoms with van der Waals surface area (Å²) in [6, 6.07) is 10.1. The van der Waals surface area contributed by atoms with Gasteiger partial charge in [-0.15, -0.1) is 0 Å². The number of nitrogens with zero attached hydrogens (tertiary/aromatic N) is 1. The van der Waals surface area contributed by atoms with Crippen molar-refractivity contribution in [1.82, 2.24) is 10.4 Å². The summed E-state index contributed by atoms with van der Waals surface area (Å²) in [7, 11) is 0. The second-order valence-electron chi connectivity index (χ2n) is 5.03. The Morgan fingerprint density at radius 2 is 2.11 bits per heavy atom. The highest BCUT2D eigenvalue weighted by molar-refractivity contribution is 5.68. The normalized spacial score (nSPS) is 25.2. The Bertz CT molecular complexity index is 472. The number of carbonyl (C=O) groups excluding carboxylic acids is 1. The first-order chi connectivity index (χ1) is 9.33. The first-order valence-corrected chi connectivity index (χ1v) is 6.77. The van der Waals surface area contributed by atoms with Crippen molar-refractivity contribution in [3.8, 4) is 0 Å². The molecule has 1 amide bonds. The van der Waals surface area contributed by atoms with Crippen LogP contribution in [0.2, 0.25) is 0 Å². The number of carbonyl (C=O) groups is 1. The maximum atomic E-state index is 12.1. The van der Waals surface area contributed by atoms with Crippen LogP contribution in [0.3, 0.4) is 0 Å². The van der Waals surface area contributed by atoms with Crippen molar-refractivity contribution in [2.45, 2.75) is 38.0 Å². The van der Waals surface area contributed by atoms with E-state index in [0.29, 0.717) is 6.61 Å². The average molecular weight is 258 g/mol. The van der Waals surface area contributed by atoms with Crippen LogP contribution in [0.15, 0.2) is 42.5 Å². The Morgan fingerprint density at radius 1 is 1.26 bits per heavy atom. The molecular formula is C15H18N2O2. The third-order valence-electron chi connectivity index (χ3n) is 3.62. The molecule has 2 aliphatic heterocycles. The molecule has 1 aromatic rings. The molecule has 1 N–H and O–H groups in total. The summed E-state index contributed by atoms with van der Waals surface area (Å²) in [5.41, 5.74) is 4.23. The minimum atomic E-state index is -0.287. The predicted octanol–water partition coefficient (Wildman–Crippen LogP) is 2.62. The molecule has 0 aromatic heterocycles. The van der Waals surface area contributed by atoms with E-state index in [1.54, 1.807) is 5.01 Å². The van der Waals surface area contributed by atoms with Crippen molar-refractivity contribution in [3.63, 3.8) is 0 Å². The highest BCUT2D eigenvalue weighted by Gasteiger charge is 2.31. The van der Waals surface area contributed by atoms with Gasteiger partial charge in [0.25, 0.3) is 0 Å². The van der Waals surface area contributed by atoms with Gasteiger partial charge < -0.3 is 4.74 Å². The Morgan fingerprint density at radius 3 is 2.95 bits per heavy atom. The summed E-state index contributed by atoms with van der Waals surface area (Å²) in [4.78, 5) is 12.1. The maximum absolute atomic E-state index is 12.1. The van der Waals surface area contributed by atoms with Gasteiger partial charge in [-0.3, -0.25) is 0 Å². The molecule has 0 radical (unpaired) electrons. The number of hydrogen-bond donors (Lipinski definition) is 1. The minimum Gasteiger partial charge on any atom is -0.444 e. The van der Waals surface area contributed by atoms with Gasteiger partial charge in [-0.25, -0.2) is 15.2 Å². The Hall–Kier alpha value is -1.81. The largest absolute Gasteiger partial charge is 0.444 e. The summed E-state index contributed by atoms with van der Waals surface area (Å²) in [6.45, 7) is 0.318. The fraction of sp³-hybridized carbons (Fsp3) is 0.400. The van der Waals surface area contributed by atoms with Crippen molar-refractivity contribution in [1.29, 1.82) is 0 Å². The average Bonchev–Trinajstić information content (AvgIpc) is 2.81. The van der Waals surface area contributed by atoms with Crippen molar-refractivity contribution in [2.75, 3.05) is 0 Å². The number of hydrazine groups is 1. The fourth-order valence-corrected chi connectivity index (χ4v) is 2.58. The van der Waals surface area contributed by atoms with E-state index in [0.717, 1.165) is 24.8 Å². The van der Waals surface area contributed by atoms with Gasteiger partial charge in [-0.1, -0.05) is 42.5 Å². The molecule has 2 heterocycles. The van der Waals surface area contributed by atoms with Gasteiger partial charge in [0.05, 0.1) is 6.04 Å². The predicted molar refractivity (Wildman–Crippen MR) is 72.2 cm³/mol. The number of hydrogen-bond acceptors (Lipinski definition) is 3. The van der Waals surface area contributed by atoms with Gasteiger partial charge in [0.1, 0.15) is 6.61 Å². The van der Waals surface area contributed by atoms with Crippen molar-refractivity contribution in [3.05, 3.63) is 48.0 Å². The quantitative estimate of drug-likeness (QED) is 0.829. The van der Waals surface area contributed by atoms with E-state index in [4.69, 9.17) is 4.74 Å². The Balaban J connectivity index is 1.60. The van der Waals surface area contributed by atoms with Crippen LogP contribution >= 0.6 is 0 Å². The lowest BCUT2D eigenvalue weighted by atomic mass is 10.1. The molecule has 1 saturated heterocycles. The zero-order valence-electron chi connectivity index (χ0n) is 10.8. The smallest absolute Gasteiger partial charge is 0.425 e. The van der Waals surface area contributed by atoms with E-state index in [1.807, 2.05) is 30.3 Å². The Labute approximate surface area is 113 Å². The number of rotatable bonds is 2. The molecule has 4 heteroatoms. The van der Waals surface area contributed by atoms with Gasteiger partial charge >= 0.3 is 6.09 Å². The molecule has 3 aliphatic rings. The van der Waals surface area contributed by atoms with Crippen LogP contribution in [0.1, 0.15) is 24.8 Å². The first kappa shape index (κ1) is 12.2. The molecule has 4 rings (SSSR count).